The molecule has 4 aliphatic heterocycles. The quantitative estimate of drug-likeness (QED) is 0.176. The van der Waals surface area contributed by atoms with Crippen molar-refractivity contribution in [1.82, 2.24) is 9.44 Å². The lowest BCUT2D eigenvalue weighted by atomic mass is 9.64. The van der Waals surface area contributed by atoms with Crippen molar-refractivity contribution in [3.63, 3.8) is 0 Å². The van der Waals surface area contributed by atoms with Crippen LogP contribution in [-0.4, -0.2) is 69.5 Å². The first kappa shape index (κ1) is 52.0. The van der Waals surface area contributed by atoms with E-state index in [-0.39, 0.29) is 85.6 Å². The fourth-order valence-electron chi connectivity index (χ4n) is 12.3. The molecule has 378 valence electrons. The molecule has 22 heteroatoms. The average Bonchev–Trinajstić information content (AvgIpc) is 3.32. The number of hydrogen-bond acceptors (Lipinski definition) is 11. The Bertz CT molecular complexity index is 3220. The van der Waals surface area contributed by atoms with E-state index in [1.165, 1.54) is 48.5 Å². The minimum Gasteiger partial charge on any atom is -0.490 e. The molecule has 0 spiro atoms. The Morgan fingerprint density at radius 3 is 1.39 bits per heavy atom. The number of fused-ring (bicyclic) bond motifs is 10. The number of nitriles is 1. The summed E-state index contributed by atoms with van der Waals surface area (Å²) in [5, 5.41) is 8.03. The van der Waals surface area contributed by atoms with Gasteiger partial charge in [-0.05, 0) is 136 Å². The van der Waals surface area contributed by atoms with Crippen molar-refractivity contribution in [2.45, 2.75) is 115 Å². The Kier molecular flexibility index (Phi) is 13.9. The topological polar surface area (TPSA) is 203 Å². The zero-order chi connectivity index (χ0) is 49.6. The molecule has 0 radical (unpaired) electrons. The monoisotopic (exact) mass is 1070 g/mol. The van der Waals surface area contributed by atoms with Crippen LogP contribution in [0.2, 0.25) is 5.02 Å². The predicted octanol–water partition coefficient (Wildman–Crippen LogP) is 8.21. The first-order valence-electron chi connectivity index (χ1n) is 22.6. The first-order chi connectivity index (χ1) is 32.6. The Balaban J connectivity index is 0.000000186. The summed E-state index contributed by atoms with van der Waals surface area (Å²) >= 11 is 5.97. The molecular formula is C48H52ClF4N3O10S4. The molecule has 6 aliphatic rings. The van der Waals surface area contributed by atoms with E-state index < -0.39 is 130 Å². The number of halogens is 5. The Labute approximate surface area is 411 Å². The molecule has 70 heavy (non-hydrogen) atoms. The molecule has 2 saturated heterocycles. The Morgan fingerprint density at radius 1 is 0.643 bits per heavy atom. The maximum absolute atomic E-state index is 15.5. The van der Waals surface area contributed by atoms with Gasteiger partial charge in [-0.2, -0.15) is 5.26 Å². The van der Waals surface area contributed by atoms with Gasteiger partial charge in [-0.15, -0.1) is 0 Å². The van der Waals surface area contributed by atoms with E-state index in [1.807, 2.05) is 6.07 Å². The number of ether oxygens (including phenoxy) is 2. The number of hydrogen-bond donors (Lipinski definition) is 2. The second-order valence-electron chi connectivity index (χ2n) is 18.7. The van der Waals surface area contributed by atoms with Gasteiger partial charge in [0.05, 0.1) is 56.3 Å². The highest BCUT2D eigenvalue weighted by atomic mass is 35.5. The van der Waals surface area contributed by atoms with Gasteiger partial charge in [0.15, 0.2) is 42.8 Å². The lowest BCUT2D eigenvalue weighted by molar-refractivity contribution is 0.0491. The van der Waals surface area contributed by atoms with Gasteiger partial charge in [0.2, 0.25) is 20.0 Å². The van der Waals surface area contributed by atoms with Gasteiger partial charge >= 0.3 is 0 Å². The van der Waals surface area contributed by atoms with E-state index >= 15 is 8.78 Å². The number of rotatable bonds is 6. The second-order valence-corrected chi connectivity index (χ2v) is 27.5. The third-order valence-electron chi connectivity index (χ3n) is 15.6. The normalized spacial score (nSPS) is 31.2. The summed E-state index contributed by atoms with van der Waals surface area (Å²) in [4.78, 5) is -0.166. The number of sulfonamides is 2. The molecule has 0 bridgehead atoms. The van der Waals surface area contributed by atoms with Crippen molar-refractivity contribution in [2.24, 2.45) is 23.7 Å². The van der Waals surface area contributed by atoms with Gasteiger partial charge in [-0.25, -0.2) is 60.7 Å². The highest BCUT2D eigenvalue weighted by Crippen LogP contribution is 2.61. The molecular weight excluding hydrogens is 1020 g/mol. The van der Waals surface area contributed by atoms with E-state index in [9.17, 15) is 42.5 Å². The summed E-state index contributed by atoms with van der Waals surface area (Å²) in [6.45, 7) is 3.14. The highest BCUT2D eigenvalue weighted by Gasteiger charge is 2.66. The van der Waals surface area contributed by atoms with Gasteiger partial charge in [-0.1, -0.05) is 32.9 Å². The molecule has 10 atom stereocenters. The van der Waals surface area contributed by atoms with Crippen LogP contribution in [0.1, 0.15) is 89.3 Å². The summed E-state index contributed by atoms with van der Waals surface area (Å²) in [7, 11) is -15.8. The van der Waals surface area contributed by atoms with Crippen molar-refractivity contribution in [1.29, 1.82) is 5.26 Å². The third kappa shape index (κ3) is 7.93. The van der Waals surface area contributed by atoms with Crippen molar-refractivity contribution in [2.75, 3.05) is 13.2 Å². The number of nitrogens with one attached hydrogen (secondary N) is 2. The summed E-state index contributed by atoms with van der Waals surface area (Å²) in [5.41, 5.74) is -0.379. The van der Waals surface area contributed by atoms with Gasteiger partial charge in [-0.3, -0.25) is 0 Å². The van der Waals surface area contributed by atoms with Crippen LogP contribution in [0.4, 0.5) is 17.6 Å². The molecule has 4 aromatic carbocycles. The van der Waals surface area contributed by atoms with Crippen LogP contribution in [0.5, 0.6) is 11.5 Å². The van der Waals surface area contributed by atoms with Gasteiger partial charge in [0.1, 0.15) is 21.1 Å². The molecule has 2 aliphatic carbocycles. The van der Waals surface area contributed by atoms with Crippen molar-refractivity contribution in [3.8, 4) is 17.6 Å². The molecule has 0 aromatic heterocycles. The minimum absolute atomic E-state index is 0. The standard InChI is InChI=1S/C24H24F2N2O5S2.C23H24ClF2NO5S2.CH4/c1-2-15-11-17-18-13-33-23-20(26)8-7-19(25)22(23)24(18,10-9-21(17)28-35(15,31)32)34(29,30)16-5-3-14(12-27)4-6-16;1-2-14-11-16-17-12-32-22-19(26)8-7-18(25)21(22)23(17,10-9-20(16)27-34(14,30)31)33(28,29)15-5-3-13(24)4-6-15;/h3-8,15,17-18,21,28H,2,9-11,13H2,1H3;3-8,14,16-17,20,27H,2,9-12H2,1H3;1H4/t15-,17+,18+,21-,24+;14-,16+,17+,20-,23+;/m11./s1. The fraction of sp³-hybridized carbons (Fsp3) is 0.479. The molecule has 0 amide bonds. The maximum Gasteiger partial charge on any atom is 0.214 e. The van der Waals surface area contributed by atoms with Crippen LogP contribution in [0.3, 0.4) is 0 Å². The van der Waals surface area contributed by atoms with Crippen LogP contribution in [0.15, 0.2) is 82.6 Å². The summed E-state index contributed by atoms with van der Waals surface area (Å²) in [5.74, 6) is -6.73. The maximum atomic E-state index is 15.5. The first-order valence-corrected chi connectivity index (χ1v) is 29.0. The summed E-state index contributed by atoms with van der Waals surface area (Å²) in [6.07, 6.45) is 1.21. The van der Waals surface area contributed by atoms with E-state index in [0.717, 1.165) is 24.3 Å². The number of sulfone groups is 2. The molecule has 13 nitrogen and oxygen atoms in total. The van der Waals surface area contributed by atoms with Crippen LogP contribution in [-0.2, 0) is 49.2 Å². The summed E-state index contributed by atoms with van der Waals surface area (Å²) in [6, 6.07) is 15.5. The fourth-order valence-corrected chi connectivity index (χ4v) is 20.9. The van der Waals surface area contributed by atoms with Gasteiger partial charge in [0.25, 0.3) is 0 Å². The van der Waals surface area contributed by atoms with Crippen LogP contribution in [0, 0.1) is 58.3 Å². The molecule has 2 saturated carbocycles. The lowest BCUT2D eigenvalue weighted by Gasteiger charge is -2.54. The van der Waals surface area contributed by atoms with Crippen molar-refractivity contribution >= 4 is 51.3 Å². The van der Waals surface area contributed by atoms with Crippen molar-refractivity contribution < 1.29 is 60.7 Å². The van der Waals surface area contributed by atoms with Gasteiger partial charge < -0.3 is 9.47 Å². The van der Waals surface area contributed by atoms with Crippen molar-refractivity contribution in [3.05, 3.63) is 118 Å². The van der Waals surface area contributed by atoms with Crippen LogP contribution < -0.4 is 18.9 Å². The van der Waals surface area contributed by atoms with E-state index in [0.29, 0.717) is 17.9 Å². The second kappa shape index (κ2) is 18.6. The lowest BCUT2D eigenvalue weighted by Crippen LogP contribution is -2.63. The third-order valence-corrected chi connectivity index (χ3v) is 25.0. The Hall–Kier alpha value is -4.30. The highest BCUT2D eigenvalue weighted by molar-refractivity contribution is 7.93. The molecule has 4 heterocycles. The number of benzene rings is 4. The zero-order valence-corrected chi connectivity index (χ0v) is 41.2. The predicted molar refractivity (Wildman–Crippen MR) is 252 cm³/mol. The largest absolute Gasteiger partial charge is 0.490 e. The van der Waals surface area contributed by atoms with Gasteiger partial charge in [0, 0.05) is 28.9 Å². The Morgan fingerprint density at radius 2 is 1.01 bits per heavy atom. The van der Waals surface area contributed by atoms with Crippen LogP contribution in [0.25, 0.3) is 0 Å². The van der Waals surface area contributed by atoms with E-state index in [1.54, 1.807) is 13.8 Å². The smallest absolute Gasteiger partial charge is 0.214 e. The van der Waals surface area contributed by atoms with E-state index in [2.05, 4.69) is 9.44 Å². The zero-order valence-electron chi connectivity index (χ0n) is 37.2. The summed E-state index contributed by atoms with van der Waals surface area (Å²) < 4.78 is 182. The van der Waals surface area contributed by atoms with Crippen LogP contribution >= 0.6 is 11.6 Å². The number of nitrogens with zero attached hydrogens (tertiary/aromatic N) is 1. The van der Waals surface area contributed by atoms with E-state index in [4.69, 9.17) is 26.3 Å². The molecule has 10 rings (SSSR count). The average molecular weight is 1070 g/mol. The molecule has 2 N–H and O–H groups in total. The molecule has 0 unspecified atom stereocenters. The molecule has 4 fully saturated rings. The molecule has 4 aromatic rings. The minimum atomic E-state index is -4.34. The SMILES string of the molecule is C.CC[C@@H]1C[C@@H]2[C@@H](CC[C@@]3(S(=O)(=O)c4ccc(C#N)cc4)c4c(F)ccc(F)c4OC[C@@H]23)NS1(=O)=O.CC[C@@H]1C[C@@H]2[C@@H](CC[C@@]3(S(=O)(=O)c4ccc(Cl)cc4)c4c(F)ccc(F)c4OC[C@@H]23)NS1(=O)=O.